The minimum Gasteiger partial charge on any atom is -0.466 e. The van der Waals surface area contributed by atoms with Gasteiger partial charge in [-0.3, -0.25) is 0 Å². The first kappa shape index (κ1) is 12.9. The summed E-state index contributed by atoms with van der Waals surface area (Å²) < 4.78 is 6.68. The van der Waals surface area contributed by atoms with Gasteiger partial charge in [0.1, 0.15) is 0 Å². The molecule has 4 nitrogen and oxygen atoms in total. The molecule has 20 heavy (non-hydrogen) atoms. The molecule has 2 heterocycles. The van der Waals surface area contributed by atoms with Crippen LogP contribution in [0.3, 0.4) is 0 Å². The van der Waals surface area contributed by atoms with Crippen molar-refractivity contribution in [2.24, 2.45) is 0 Å². The van der Waals surface area contributed by atoms with Gasteiger partial charge in [0.05, 0.1) is 13.4 Å². The Morgan fingerprint density at radius 1 is 1.50 bits per heavy atom. The first-order valence-corrected chi connectivity index (χ1v) is 7.15. The van der Waals surface area contributed by atoms with Crippen LogP contribution in [0, 0.1) is 0 Å². The summed E-state index contributed by atoms with van der Waals surface area (Å²) in [7, 11) is 1.42. The average Bonchev–Trinajstić information content (AvgIpc) is 3.12. The second-order valence-electron chi connectivity index (χ2n) is 4.53. The summed E-state index contributed by atoms with van der Waals surface area (Å²) in [4.78, 5) is 17.9. The lowest BCUT2D eigenvalue weighted by Gasteiger charge is -2.10. The lowest BCUT2D eigenvalue weighted by Crippen LogP contribution is -2.08. The fraction of sp³-hybridized carbons (Fsp3) is 0.200. The summed E-state index contributed by atoms with van der Waals surface area (Å²) in [6, 6.07) is 2.18. The molecule has 0 aliphatic heterocycles. The van der Waals surface area contributed by atoms with Gasteiger partial charge in [-0.25, -0.2) is 9.78 Å². The molecule has 0 radical (unpaired) electrons. The molecule has 3 rings (SSSR count). The molecular formula is C15H14N2O2S. The van der Waals surface area contributed by atoms with Crippen molar-refractivity contribution in [3.8, 4) is 0 Å². The van der Waals surface area contributed by atoms with Crippen LogP contribution in [0.5, 0.6) is 0 Å². The highest BCUT2D eigenvalue weighted by atomic mass is 32.1. The van der Waals surface area contributed by atoms with Crippen molar-refractivity contribution >= 4 is 35.7 Å². The molecule has 0 unspecified atom stereocenters. The molecule has 5 heteroatoms. The van der Waals surface area contributed by atoms with E-state index in [0.29, 0.717) is 0 Å². The van der Waals surface area contributed by atoms with Crippen LogP contribution in [0.4, 0.5) is 0 Å². The number of aromatic nitrogens is 2. The minimum atomic E-state index is -0.223. The zero-order chi connectivity index (χ0) is 13.9. The summed E-state index contributed by atoms with van der Waals surface area (Å²) >= 11 is 1.68. The Labute approximate surface area is 121 Å². The number of hydrogen-bond donors (Lipinski definition) is 0. The van der Waals surface area contributed by atoms with Gasteiger partial charge in [0.2, 0.25) is 0 Å². The molecule has 0 fully saturated rings. The Balaban J connectivity index is 1.83. The monoisotopic (exact) mass is 286 g/mol. The Morgan fingerprint density at radius 3 is 3.15 bits per heavy atom. The van der Waals surface area contributed by atoms with E-state index in [9.17, 15) is 4.79 Å². The van der Waals surface area contributed by atoms with Gasteiger partial charge in [-0.05, 0) is 36.6 Å². The number of methoxy groups -OCH3 is 1. The van der Waals surface area contributed by atoms with Crippen LogP contribution in [0.25, 0.3) is 18.4 Å². The summed E-state index contributed by atoms with van der Waals surface area (Å²) in [6.07, 6.45) is 13.0. The molecule has 0 saturated carbocycles. The Hall–Kier alpha value is -2.14. The second-order valence-corrected chi connectivity index (χ2v) is 5.64. The van der Waals surface area contributed by atoms with Gasteiger partial charge >= 0.3 is 5.97 Å². The Morgan fingerprint density at radius 2 is 2.40 bits per heavy atom. The molecule has 2 aromatic rings. The molecule has 1 aliphatic rings. The zero-order valence-electron chi connectivity index (χ0n) is 11.1. The minimum absolute atomic E-state index is 0.223. The molecule has 1 aliphatic carbocycles. The van der Waals surface area contributed by atoms with Crippen molar-refractivity contribution in [2.45, 2.75) is 12.8 Å². The molecular weight excluding hydrogens is 272 g/mol. The fourth-order valence-electron chi connectivity index (χ4n) is 2.17. The van der Waals surface area contributed by atoms with Gasteiger partial charge in [-0.1, -0.05) is 0 Å². The summed E-state index contributed by atoms with van der Waals surface area (Å²) in [6.45, 7) is 0. The normalized spacial score (nSPS) is 14.2. The third-order valence-electron chi connectivity index (χ3n) is 3.21. The highest BCUT2D eigenvalue weighted by Crippen LogP contribution is 2.32. The lowest BCUT2D eigenvalue weighted by molar-refractivity contribution is -0.136. The topological polar surface area (TPSA) is 44.1 Å². The molecule has 0 N–H and O–H groups in total. The number of imidazole rings is 1. The molecule has 0 atom stereocenters. The van der Waals surface area contributed by atoms with Crippen LogP contribution < -0.4 is 0 Å². The van der Waals surface area contributed by atoms with E-state index in [1.54, 1.807) is 23.9 Å². The zero-order valence-corrected chi connectivity index (χ0v) is 11.9. The van der Waals surface area contributed by atoms with Crippen LogP contribution in [-0.2, 0) is 16.0 Å². The molecule has 2 aromatic heterocycles. The maximum absolute atomic E-state index is 11.6. The number of ether oxygens (including phenoxy) is 1. The van der Waals surface area contributed by atoms with Gasteiger partial charge in [-0.2, -0.15) is 0 Å². The van der Waals surface area contributed by atoms with Gasteiger partial charge in [0, 0.05) is 33.9 Å². The maximum Gasteiger partial charge on any atom is 0.333 e. The van der Waals surface area contributed by atoms with E-state index in [2.05, 4.69) is 17.1 Å². The number of rotatable bonds is 3. The standard InChI is InChI=1S/C15H14N2O2S/c1-19-15(18)12-3-2-11-8-13(20-14(11)9-12)4-6-17-7-5-16-10-17/h4-10H,2-3H2,1H3. The third kappa shape index (κ3) is 2.58. The van der Waals surface area contributed by atoms with E-state index >= 15 is 0 Å². The van der Waals surface area contributed by atoms with E-state index < -0.39 is 0 Å². The maximum atomic E-state index is 11.6. The average molecular weight is 286 g/mol. The van der Waals surface area contributed by atoms with Crippen molar-refractivity contribution < 1.29 is 9.53 Å². The summed E-state index contributed by atoms with van der Waals surface area (Å²) in [5, 5.41) is 0. The van der Waals surface area contributed by atoms with Crippen LogP contribution >= 0.6 is 11.3 Å². The predicted molar refractivity (Wildman–Crippen MR) is 80.1 cm³/mol. The molecule has 0 spiro atoms. The molecule has 0 amide bonds. The van der Waals surface area contributed by atoms with Crippen LogP contribution in [0.1, 0.15) is 21.7 Å². The van der Waals surface area contributed by atoms with Gasteiger partial charge in [-0.15, -0.1) is 11.3 Å². The number of carbonyl (C=O) groups is 1. The van der Waals surface area contributed by atoms with Crippen molar-refractivity contribution in [1.29, 1.82) is 0 Å². The first-order chi connectivity index (χ1) is 9.76. The SMILES string of the molecule is COC(=O)C1=Cc2sc(C=Cn3ccnc3)cc2CC1. The van der Waals surface area contributed by atoms with Crippen molar-refractivity contribution in [2.75, 3.05) is 7.11 Å². The van der Waals surface area contributed by atoms with E-state index in [0.717, 1.165) is 23.3 Å². The molecule has 0 bridgehead atoms. The Bertz CT molecular complexity index is 681. The Kier molecular flexibility index (Phi) is 3.52. The lowest BCUT2D eigenvalue weighted by atomic mass is 9.98. The molecule has 0 saturated heterocycles. The number of fused-ring (bicyclic) bond motifs is 1. The number of nitrogens with zero attached hydrogens (tertiary/aromatic N) is 2. The van der Waals surface area contributed by atoms with Gasteiger partial charge < -0.3 is 9.30 Å². The van der Waals surface area contributed by atoms with Crippen molar-refractivity contribution in [1.82, 2.24) is 9.55 Å². The molecule has 0 aromatic carbocycles. The third-order valence-corrected chi connectivity index (χ3v) is 4.30. The first-order valence-electron chi connectivity index (χ1n) is 6.33. The van der Waals surface area contributed by atoms with Crippen molar-refractivity contribution in [3.05, 3.63) is 45.7 Å². The number of aryl methyl sites for hydroxylation is 1. The van der Waals surface area contributed by atoms with E-state index in [4.69, 9.17) is 4.74 Å². The van der Waals surface area contributed by atoms with E-state index in [1.165, 1.54) is 17.6 Å². The van der Waals surface area contributed by atoms with Crippen LogP contribution in [0.2, 0.25) is 0 Å². The largest absolute Gasteiger partial charge is 0.466 e. The van der Waals surface area contributed by atoms with Crippen molar-refractivity contribution in [3.63, 3.8) is 0 Å². The second kappa shape index (κ2) is 5.46. The quantitative estimate of drug-likeness (QED) is 0.814. The predicted octanol–water partition coefficient (Wildman–Crippen LogP) is 3.08. The van der Waals surface area contributed by atoms with Gasteiger partial charge in [0.15, 0.2) is 0 Å². The van der Waals surface area contributed by atoms with Crippen LogP contribution in [-0.4, -0.2) is 22.6 Å². The number of esters is 1. The summed E-state index contributed by atoms with van der Waals surface area (Å²) in [5.74, 6) is -0.223. The van der Waals surface area contributed by atoms with Gasteiger partial charge in [0.25, 0.3) is 0 Å². The highest BCUT2D eigenvalue weighted by Gasteiger charge is 2.18. The number of carbonyl (C=O) groups excluding carboxylic acids is 1. The smallest absolute Gasteiger partial charge is 0.333 e. The van der Waals surface area contributed by atoms with E-state index in [-0.39, 0.29) is 5.97 Å². The number of hydrogen-bond acceptors (Lipinski definition) is 4. The number of thiophene rings is 1. The highest BCUT2D eigenvalue weighted by molar-refractivity contribution is 7.14. The molecule has 102 valence electrons. The van der Waals surface area contributed by atoms with Crippen LogP contribution in [0.15, 0.2) is 30.4 Å². The fourth-order valence-corrected chi connectivity index (χ4v) is 3.25. The summed E-state index contributed by atoms with van der Waals surface area (Å²) in [5.41, 5.74) is 2.06. The van der Waals surface area contributed by atoms with E-state index in [1.807, 2.05) is 23.0 Å².